The zero-order chi connectivity index (χ0) is 31.0. The van der Waals surface area contributed by atoms with Gasteiger partial charge in [0.2, 0.25) is 0 Å². The van der Waals surface area contributed by atoms with Gasteiger partial charge in [-0.1, -0.05) is 69.0 Å². The number of carboxylic acid groups (broad SMARTS) is 1. The first-order chi connectivity index (χ1) is 20.5. The number of piperidine rings is 1. The second-order valence-electron chi connectivity index (χ2n) is 12.2. The summed E-state index contributed by atoms with van der Waals surface area (Å²) in [6.07, 6.45) is 2.62. The first-order valence-corrected chi connectivity index (χ1v) is 14.9. The third kappa shape index (κ3) is 9.22. The molecule has 1 aliphatic heterocycles. The molecular formula is C37H43NO5. The number of aryl methyl sites for hydroxylation is 1. The predicted molar refractivity (Wildman–Crippen MR) is 172 cm³/mol. The van der Waals surface area contributed by atoms with Gasteiger partial charge < -0.3 is 19.7 Å². The maximum atomic E-state index is 11.2. The molecular weight excluding hydrogens is 538 g/mol. The number of hydrogen-bond acceptors (Lipinski definition) is 5. The lowest BCUT2D eigenvalue weighted by atomic mass is 9.85. The van der Waals surface area contributed by atoms with Crippen LogP contribution >= 0.6 is 0 Å². The quantitative estimate of drug-likeness (QED) is 0.282. The van der Waals surface area contributed by atoms with E-state index < -0.39 is 12.1 Å². The van der Waals surface area contributed by atoms with Crippen LogP contribution in [0.4, 0.5) is 0 Å². The van der Waals surface area contributed by atoms with E-state index in [0.717, 1.165) is 53.8 Å². The van der Waals surface area contributed by atoms with Crippen LogP contribution in [0.15, 0.2) is 72.8 Å². The largest absolute Gasteiger partial charge is 0.489 e. The van der Waals surface area contributed by atoms with Gasteiger partial charge in [0.05, 0.1) is 12.6 Å². The van der Waals surface area contributed by atoms with Crippen molar-refractivity contribution >= 4 is 11.5 Å². The van der Waals surface area contributed by atoms with Crippen LogP contribution in [0.5, 0.6) is 11.5 Å². The Morgan fingerprint density at radius 3 is 2.23 bits per heavy atom. The molecule has 1 fully saturated rings. The highest BCUT2D eigenvalue weighted by Crippen LogP contribution is 2.29. The summed E-state index contributed by atoms with van der Waals surface area (Å²) in [6, 6.07) is 22.4. The standard InChI is InChI=1S/C37H43NO5/c1-26-25-33(16-17-35(26)43-27(2)36(40)41)42-24-20-34(30-12-14-31(15-13-30)37(3,4)5)29-10-8-28(9-11-29)7-6-21-38-22-18-32(39)19-23-38/h8-17,20,25,27,32,39H,18-19,21-24H2,1-5H3,(H,40,41). The zero-order valence-electron chi connectivity index (χ0n) is 25.9. The molecule has 0 amide bonds. The SMILES string of the molecule is Cc1cc(OCC=C(c2ccc(C#CCN3CCC(O)CC3)cc2)c2ccc(C(C)(C)C)cc2)ccc1OC(C)C(=O)O. The summed E-state index contributed by atoms with van der Waals surface area (Å²) in [4.78, 5) is 13.4. The summed E-state index contributed by atoms with van der Waals surface area (Å²) in [5.74, 6) is 6.77. The van der Waals surface area contributed by atoms with Crippen molar-refractivity contribution in [3.8, 4) is 23.3 Å². The lowest BCUT2D eigenvalue weighted by Gasteiger charge is -2.27. The fourth-order valence-corrected chi connectivity index (χ4v) is 4.92. The van der Waals surface area contributed by atoms with Gasteiger partial charge in [-0.2, -0.15) is 0 Å². The van der Waals surface area contributed by atoms with Crippen molar-refractivity contribution in [3.63, 3.8) is 0 Å². The molecule has 0 bridgehead atoms. The number of rotatable bonds is 9. The molecule has 0 spiro atoms. The smallest absolute Gasteiger partial charge is 0.344 e. The third-order valence-corrected chi connectivity index (χ3v) is 7.69. The van der Waals surface area contributed by atoms with Gasteiger partial charge in [0, 0.05) is 18.7 Å². The van der Waals surface area contributed by atoms with Crippen LogP contribution < -0.4 is 9.47 Å². The molecule has 6 heteroatoms. The summed E-state index contributed by atoms with van der Waals surface area (Å²) >= 11 is 0. The van der Waals surface area contributed by atoms with E-state index in [1.54, 1.807) is 12.1 Å². The molecule has 1 heterocycles. The molecule has 1 unspecified atom stereocenters. The van der Waals surface area contributed by atoms with Crippen LogP contribution in [0, 0.1) is 18.8 Å². The van der Waals surface area contributed by atoms with Crippen molar-refractivity contribution < 1.29 is 24.5 Å². The van der Waals surface area contributed by atoms with Crippen molar-refractivity contribution in [2.75, 3.05) is 26.2 Å². The second kappa shape index (κ2) is 14.4. The number of aliphatic hydroxyl groups is 1. The van der Waals surface area contributed by atoms with E-state index in [9.17, 15) is 9.90 Å². The van der Waals surface area contributed by atoms with Gasteiger partial charge in [-0.15, -0.1) is 0 Å². The van der Waals surface area contributed by atoms with Gasteiger partial charge in [0.25, 0.3) is 0 Å². The van der Waals surface area contributed by atoms with Crippen molar-refractivity contribution in [2.45, 2.75) is 65.1 Å². The zero-order valence-corrected chi connectivity index (χ0v) is 25.9. The number of nitrogens with zero attached hydrogens (tertiary/aromatic N) is 1. The maximum absolute atomic E-state index is 11.2. The fourth-order valence-electron chi connectivity index (χ4n) is 4.92. The Morgan fingerprint density at radius 2 is 1.65 bits per heavy atom. The average molecular weight is 582 g/mol. The Bertz CT molecular complexity index is 1460. The number of benzene rings is 3. The Morgan fingerprint density at radius 1 is 1.02 bits per heavy atom. The number of carbonyl (C=O) groups is 1. The molecule has 0 aliphatic carbocycles. The van der Waals surface area contributed by atoms with Gasteiger partial charge in [0.1, 0.15) is 18.1 Å². The van der Waals surface area contributed by atoms with E-state index in [-0.39, 0.29) is 11.5 Å². The lowest BCUT2D eigenvalue weighted by Crippen LogP contribution is -2.35. The number of likely N-dealkylation sites (tertiary alicyclic amines) is 1. The minimum absolute atomic E-state index is 0.0653. The van der Waals surface area contributed by atoms with E-state index in [0.29, 0.717) is 24.7 Å². The molecule has 0 saturated carbocycles. The fraction of sp³-hybridized carbons (Fsp3) is 0.378. The van der Waals surface area contributed by atoms with Crippen molar-refractivity contribution in [1.82, 2.24) is 4.90 Å². The lowest BCUT2D eigenvalue weighted by molar-refractivity contribution is -0.144. The highest BCUT2D eigenvalue weighted by Gasteiger charge is 2.17. The topological polar surface area (TPSA) is 79.2 Å². The van der Waals surface area contributed by atoms with Gasteiger partial charge >= 0.3 is 5.97 Å². The Labute approximate surface area is 256 Å². The Hall–Kier alpha value is -4.05. The minimum atomic E-state index is -1.01. The summed E-state index contributed by atoms with van der Waals surface area (Å²) in [5, 5.41) is 18.8. The number of aliphatic carboxylic acids is 1. The molecule has 2 N–H and O–H groups in total. The molecule has 0 aromatic heterocycles. The number of hydrogen-bond donors (Lipinski definition) is 2. The first kappa shape index (κ1) is 31.9. The average Bonchev–Trinajstić information content (AvgIpc) is 2.98. The van der Waals surface area contributed by atoms with E-state index in [1.807, 2.05) is 13.0 Å². The molecule has 1 saturated heterocycles. The van der Waals surface area contributed by atoms with E-state index in [2.05, 4.69) is 92.1 Å². The normalized spacial score (nSPS) is 15.3. The first-order valence-electron chi connectivity index (χ1n) is 14.9. The molecule has 0 radical (unpaired) electrons. The number of aliphatic hydroxyl groups excluding tert-OH is 1. The highest BCUT2D eigenvalue weighted by molar-refractivity contribution is 5.80. The minimum Gasteiger partial charge on any atom is -0.489 e. The van der Waals surface area contributed by atoms with Gasteiger partial charge in [-0.05, 0) is 96.3 Å². The van der Waals surface area contributed by atoms with Crippen LogP contribution in [0.25, 0.3) is 5.57 Å². The highest BCUT2D eigenvalue weighted by atomic mass is 16.5. The van der Waals surface area contributed by atoms with E-state index in [4.69, 9.17) is 14.6 Å². The molecule has 3 aromatic rings. The van der Waals surface area contributed by atoms with Crippen LogP contribution in [0.2, 0.25) is 0 Å². The molecule has 6 nitrogen and oxygen atoms in total. The predicted octanol–water partition coefficient (Wildman–Crippen LogP) is 6.46. The molecule has 4 rings (SSSR count). The van der Waals surface area contributed by atoms with Crippen LogP contribution in [-0.4, -0.2) is 59.5 Å². The van der Waals surface area contributed by atoms with Gasteiger partial charge in [0.15, 0.2) is 6.10 Å². The maximum Gasteiger partial charge on any atom is 0.344 e. The van der Waals surface area contributed by atoms with Crippen LogP contribution in [0.1, 0.15) is 68.4 Å². The van der Waals surface area contributed by atoms with E-state index >= 15 is 0 Å². The Balaban J connectivity index is 1.50. The number of ether oxygens (including phenoxy) is 2. The molecule has 3 aromatic carbocycles. The van der Waals surface area contributed by atoms with Crippen molar-refractivity contribution in [1.29, 1.82) is 0 Å². The number of carboxylic acids is 1. The summed E-state index contributed by atoms with van der Waals surface area (Å²) in [5.41, 5.74) is 6.36. The van der Waals surface area contributed by atoms with Crippen LogP contribution in [-0.2, 0) is 10.2 Å². The van der Waals surface area contributed by atoms with Gasteiger partial charge in [-0.25, -0.2) is 4.79 Å². The molecule has 1 aliphatic rings. The Kier molecular flexibility index (Phi) is 10.7. The van der Waals surface area contributed by atoms with E-state index in [1.165, 1.54) is 12.5 Å². The third-order valence-electron chi connectivity index (χ3n) is 7.69. The van der Waals surface area contributed by atoms with Gasteiger partial charge in [-0.3, -0.25) is 4.90 Å². The summed E-state index contributed by atoms with van der Waals surface area (Å²) < 4.78 is 11.6. The second-order valence-corrected chi connectivity index (χ2v) is 12.2. The summed E-state index contributed by atoms with van der Waals surface area (Å²) in [7, 11) is 0. The monoisotopic (exact) mass is 581 g/mol. The molecule has 226 valence electrons. The molecule has 43 heavy (non-hydrogen) atoms. The molecule has 1 atom stereocenters. The van der Waals surface area contributed by atoms with Crippen molar-refractivity contribution in [2.24, 2.45) is 0 Å². The van der Waals surface area contributed by atoms with Crippen molar-refractivity contribution in [3.05, 3.63) is 101 Å². The van der Waals surface area contributed by atoms with Crippen LogP contribution in [0.3, 0.4) is 0 Å². The summed E-state index contributed by atoms with van der Waals surface area (Å²) in [6.45, 7) is 12.9.